The number of allylic oxidation sites excluding steroid dienone is 1. The van der Waals surface area contributed by atoms with Gasteiger partial charge in [-0.1, -0.05) is 23.9 Å². The highest BCUT2D eigenvalue weighted by atomic mass is 32.2. The first-order valence-electron chi connectivity index (χ1n) is 8.10. The molecule has 130 valence electrons. The van der Waals surface area contributed by atoms with Gasteiger partial charge in [-0.3, -0.25) is 4.79 Å². The van der Waals surface area contributed by atoms with Gasteiger partial charge in [-0.05, 0) is 42.8 Å². The van der Waals surface area contributed by atoms with Crippen molar-refractivity contribution in [3.8, 4) is 5.75 Å². The molecule has 0 atom stereocenters. The average molecular weight is 354 g/mol. The molecule has 1 aliphatic rings. The molecule has 0 radical (unpaired) electrons. The summed E-state index contributed by atoms with van der Waals surface area (Å²) < 4.78 is 5.23. The topological polar surface area (TPSA) is 32.8 Å². The largest absolute Gasteiger partial charge is 0.497 e. The molecule has 3 rings (SSSR count). The molecule has 0 amide bonds. The molecule has 4 nitrogen and oxygen atoms in total. The second-order valence-electron chi connectivity index (χ2n) is 6.18. The Hall–Kier alpha value is -2.40. The van der Waals surface area contributed by atoms with E-state index in [1.54, 1.807) is 31.9 Å². The normalized spacial score (nSPS) is 14.6. The fraction of sp³-hybridized carbons (Fsp3) is 0.250. The molecule has 0 fully saturated rings. The highest BCUT2D eigenvalue weighted by molar-refractivity contribution is 8.03. The lowest BCUT2D eigenvalue weighted by Gasteiger charge is -2.22. The maximum absolute atomic E-state index is 11.7. The summed E-state index contributed by atoms with van der Waals surface area (Å²) in [5.41, 5.74) is 3.45. The van der Waals surface area contributed by atoms with E-state index >= 15 is 0 Å². The summed E-state index contributed by atoms with van der Waals surface area (Å²) in [7, 11) is 5.73. The summed E-state index contributed by atoms with van der Waals surface area (Å²) >= 11 is 1.64. The van der Waals surface area contributed by atoms with Crippen LogP contribution in [0.1, 0.15) is 12.5 Å². The van der Waals surface area contributed by atoms with E-state index in [1.807, 2.05) is 26.2 Å². The molecular weight excluding hydrogens is 332 g/mol. The highest BCUT2D eigenvalue weighted by Crippen LogP contribution is 2.48. The lowest BCUT2D eigenvalue weighted by atomic mass is 10.2. The maximum atomic E-state index is 11.7. The van der Waals surface area contributed by atoms with Crippen LogP contribution in [0.25, 0.3) is 0 Å². The Kier molecular flexibility index (Phi) is 5.04. The Bertz CT molecular complexity index is 813. The summed E-state index contributed by atoms with van der Waals surface area (Å²) in [4.78, 5) is 17.1. The number of hydrogen-bond acceptors (Lipinski definition) is 5. The van der Waals surface area contributed by atoms with Gasteiger partial charge < -0.3 is 14.5 Å². The zero-order valence-corrected chi connectivity index (χ0v) is 15.8. The van der Waals surface area contributed by atoms with Crippen molar-refractivity contribution in [1.29, 1.82) is 0 Å². The molecule has 0 aliphatic carbocycles. The fourth-order valence-corrected chi connectivity index (χ4v) is 3.86. The van der Waals surface area contributed by atoms with Gasteiger partial charge in [0.15, 0.2) is 5.78 Å². The number of hydrogen-bond donors (Lipinski definition) is 0. The van der Waals surface area contributed by atoms with Gasteiger partial charge in [-0.25, -0.2) is 0 Å². The minimum Gasteiger partial charge on any atom is -0.497 e. The Labute approximate surface area is 153 Å². The molecule has 25 heavy (non-hydrogen) atoms. The van der Waals surface area contributed by atoms with Crippen molar-refractivity contribution >= 4 is 28.9 Å². The van der Waals surface area contributed by atoms with Crippen LogP contribution < -0.4 is 14.5 Å². The van der Waals surface area contributed by atoms with E-state index in [0.29, 0.717) is 6.54 Å². The van der Waals surface area contributed by atoms with Crippen LogP contribution in [-0.4, -0.2) is 27.0 Å². The number of carbonyl (C=O) groups excluding carboxylic acids is 1. The first-order valence-corrected chi connectivity index (χ1v) is 8.91. The standard InChI is InChI=1S/C20H22N2O2S/c1-14(23)11-20-22(13-15-5-8-17(24-4)9-6-15)18-12-16(21(2)3)7-10-19(18)25-20/h5-12H,13H2,1-4H3/b20-11-. The molecule has 0 saturated heterocycles. The third kappa shape index (κ3) is 3.82. The first kappa shape index (κ1) is 17.4. The van der Waals surface area contributed by atoms with Crippen molar-refractivity contribution in [3.63, 3.8) is 0 Å². The van der Waals surface area contributed by atoms with E-state index in [9.17, 15) is 4.79 Å². The van der Waals surface area contributed by atoms with Crippen molar-refractivity contribution in [1.82, 2.24) is 0 Å². The van der Waals surface area contributed by atoms with E-state index in [1.165, 1.54) is 10.5 Å². The summed E-state index contributed by atoms with van der Waals surface area (Å²) in [5.74, 6) is 0.900. The van der Waals surface area contributed by atoms with Gasteiger partial charge in [0.25, 0.3) is 0 Å². The summed E-state index contributed by atoms with van der Waals surface area (Å²) in [5, 5.41) is 0.967. The van der Waals surface area contributed by atoms with Gasteiger partial charge in [-0.2, -0.15) is 0 Å². The molecule has 0 N–H and O–H groups in total. The number of nitrogens with zero attached hydrogens (tertiary/aromatic N) is 2. The van der Waals surface area contributed by atoms with Crippen molar-refractivity contribution < 1.29 is 9.53 Å². The number of fused-ring (bicyclic) bond motifs is 1. The van der Waals surface area contributed by atoms with E-state index in [2.05, 4.69) is 40.1 Å². The van der Waals surface area contributed by atoms with Crippen LogP contribution in [-0.2, 0) is 11.3 Å². The van der Waals surface area contributed by atoms with Crippen LogP contribution in [0, 0.1) is 0 Å². The summed E-state index contributed by atoms with van der Waals surface area (Å²) in [6.45, 7) is 2.30. The second kappa shape index (κ2) is 7.23. The molecule has 1 heterocycles. The van der Waals surface area contributed by atoms with Gasteiger partial charge in [0, 0.05) is 37.3 Å². The third-order valence-corrected chi connectivity index (χ3v) is 5.17. The van der Waals surface area contributed by atoms with Crippen LogP contribution in [0.5, 0.6) is 5.75 Å². The van der Waals surface area contributed by atoms with Crippen LogP contribution in [0.15, 0.2) is 58.5 Å². The average Bonchev–Trinajstić information content (AvgIpc) is 2.91. The zero-order chi connectivity index (χ0) is 18.0. The molecular formula is C20H22N2O2S. The quantitative estimate of drug-likeness (QED) is 0.748. The Balaban J connectivity index is 1.97. The van der Waals surface area contributed by atoms with E-state index < -0.39 is 0 Å². The van der Waals surface area contributed by atoms with Gasteiger partial charge in [0.1, 0.15) is 5.75 Å². The number of thioether (sulfide) groups is 1. The van der Waals surface area contributed by atoms with Crippen molar-refractivity contribution in [2.75, 3.05) is 31.0 Å². The van der Waals surface area contributed by atoms with Gasteiger partial charge in [-0.15, -0.1) is 0 Å². The van der Waals surface area contributed by atoms with Gasteiger partial charge in [0.2, 0.25) is 0 Å². The number of benzene rings is 2. The molecule has 1 aliphatic heterocycles. The minimum absolute atomic E-state index is 0.0582. The predicted molar refractivity (Wildman–Crippen MR) is 105 cm³/mol. The predicted octanol–water partition coefficient (Wildman–Crippen LogP) is 4.30. The molecule has 5 heteroatoms. The van der Waals surface area contributed by atoms with E-state index in [4.69, 9.17) is 4.74 Å². The molecule has 2 aromatic rings. The Morgan fingerprint density at radius 3 is 2.52 bits per heavy atom. The summed E-state index contributed by atoms with van der Waals surface area (Å²) in [6.07, 6.45) is 1.71. The number of ketones is 1. The monoisotopic (exact) mass is 354 g/mol. The molecule has 0 saturated carbocycles. The number of rotatable bonds is 5. The van der Waals surface area contributed by atoms with Crippen molar-refractivity contribution in [3.05, 3.63) is 59.1 Å². The SMILES string of the molecule is COc1ccc(CN2/C(=C/C(C)=O)Sc3ccc(N(C)C)cc32)cc1. The van der Waals surface area contributed by atoms with Crippen LogP contribution in [0.4, 0.5) is 11.4 Å². The lowest BCUT2D eigenvalue weighted by Crippen LogP contribution is -2.18. The van der Waals surface area contributed by atoms with Gasteiger partial charge >= 0.3 is 0 Å². The highest BCUT2D eigenvalue weighted by Gasteiger charge is 2.26. The molecule has 2 aromatic carbocycles. The van der Waals surface area contributed by atoms with Crippen molar-refractivity contribution in [2.24, 2.45) is 0 Å². The molecule has 0 aromatic heterocycles. The number of methoxy groups -OCH3 is 1. The minimum atomic E-state index is 0.0582. The van der Waals surface area contributed by atoms with Crippen molar-refractivity contribution in [2.45, 2.75) is 18.4 Å². The molecule has 0 unspecified atom stereocenters. The van der Waals surface area contributed by atoms with E-state index in [0.717, 1.165) is 22.2 Å². The van der Waals surface area contributed by atoms with E-state index in [-0.39, 0.29) is 5.78 Å². The molecule has 0 bridgehead atoms. The number of carbonyl (C=O) groups is 1. The third-order valence-electron chi connectivity index (χ3n) is 4.06. The summed E-state index contributed by atoms with van der Waals surface area (Å²) in [6, 6.07) is 14.4. The smallest absolute Gasteiger partial charge is 0.155 e. The Morgan fingerprint density at radius 2 is 1.92 bits per heavy atom. The molecule has 0 spiro atoms. The fourth-order valence-electron chi connectivity index (χ4n) is 2.73. The lowest BCUT2D eigenvalue weighted by molar-refractivity contribution is -0.112. The Morgan fingerprint density at radius 1 is 1.20 bits per heavy atom. The number of ether oxygens (including phenoxy) is 1. The van der Waals surface area contributed by atoms with Gasteiger partial charge in [0.05, 0.1) is 17.8 Å². The zero-order valence-electron chi connectivity index (χ0n) is 14.9. The van der Waals surface area contributed by atoms with Crippen LogP contribution in [0.3, 0.4) is 0 Å². The van der Waals surface area contributed by atoms with Crippen LogP contribution >= 0.6 is 11.8 Å². The second-order valence-corrected chi connectivity index (χ2v) is 7.24. The number of anilines is 2. The first-order chi connectivity index (χ1) is 12.0. The maximum Gasteiger partial charge on any atom is 0.155 e. The van der Waals surface area contributed by atoms with Crippen LogP contribution in [0.2, 0.25) is 0 Å².